The number of carbonyl (C=O) groups is 1. The number of methoxy groups -OCH3 is 1. The summed E-state index contributed by atoms with van der Waals surface area (Å²) in [5, 5.41) is 12.8. The van der Waals surface area contributed by atoms with Crippen molar-refractivity contribution in [3.8, 4) is 5.88 Å². The normalized spacial score (nSPS) is 10.3. The number of carbonyl (C=O) groups excluding carboxylic acids is 1. The Balaban J connectivity index is 2.26. The van der Waals surface area contributed by atoms with Crippen molar-refractivity contribution in [1.82, 2.24) is 9.94 Å². The van der Waals surface area contributed by atoms with E-state index in [1.807, 2.05) is 12.3 Å². The highest BCUT2D eigenvalue weighted by Crippen LogP contribution is 2.25. The van der Waals surface area contributed by atoms with Gasteiger partial charge < -0.3 is 14.7 Å². The van der Waals surface area contributed by atoms with Crippen molar-refractivity contribution in [2.75, 3.05) is 13.4 Å². The predicted molar refractivity (Wildman–Crippen MR) is 73.3 cm³/mol. The summed E-state index contributed by atoms with van der Waals surface area (Å²) in [6.45, 7) is 0.165. The average molecular weight is 294 g/mol. The van der Waals surface area contributed by atoms with E-state index in [0.717, 1.165) is 10.5 Å². The Bertz CT molecular complexity index is 612. The van der Waals surface area contributed by atoms with Crippen molar-refractivity contribution in [1.29, 1.82) is 0 Å². The molecule has 1 aromatic heterocycles. The Morgan fingerprint density at radius 1 is 1.45 bits per heavy atom. The van der Waals surface area contributed by atoms with Gasteiger partial charge in [-0.25, -0.2) is 4.79 Å². The van der Waals surface area contributed by atoms with E-state index in [2.05, 4.69) is 5.10 Å². The number of benzene rings is 1. The summed E-state index contributed by atoms with van der Waals surface area (Å²) in [7, 11) is 1.34. The van der Waals surface area contributed by atoms with Crippen molar-refractivity contribution < 1.29 is 19.5 Å². The Morgan fingerprint density at radius 3 is 2.85 bits per heavy atom. The number of aromatic nitrogens is 2. The zero-order valence-corrected chi connectivity index (χ0v) is 11.9. The first-order valence-corrected chi connectivity index (χ1v) is 7.00. The third-order valence-electron chi connectivity index (χ3n) is 2.67. The first-order valence-electron chi connectivity index (χ1n) is 5.77. The van der Waals surface area contributed by atoms with Crippen LogP contribution in [-0.4, -0.2) is 34.5 Å². The Morgan fingerprint density at radius 2 is 2.25 bits per heavy atom. The van der Waals surface area contributed by atoms with E-state index in [1.54, 1.807) is 12.1 Å². The summed E-state index contributed by atoms with van der Waals surface area (Å²) in [6.07, 6.45) is 3.28. The first-order chi connectivity index (χ1) is 9.65. The van der Waals surface area contributed by atoms with Gasteiger partial charge in [0.15, 0.2) is 0 Å². The summed E-state index contributed by atoms with van der Waals surface area (Å²) in [5.74, 6) is -0.133. The third-order valence-corrected chi connectivity index (χ3v) is 3.50. The molecular weight excluding hydrogens is 280 g/mol. The molecule has 0 aliphatic heterocycles. The molecule has 0 saturated heterocycles. The van der Waals surface area contributed by atoms with Gasteiger partial charge in [-0.1, -0.05) is 11.2 Å². The molecule has 7 heteroatoms. The summed E-state index contributed by atoms with van der Waals surface area (Å²) in [4.78, 5) is 13.4. The smallest absolute Gasteiger partial charge is 0.338 e. The number of thioether (sulfide) groups is 1. The monoisotopic (exact) mass is 294 g/mol. The van der Waals surface area contributed by atoms with Crippen molar-refractivity contribution in [2.24, 2.45) is 0 Å². The average Bonchev–Trinajstić information content (AvgIpc) is 2.89. The van der Waals surface area contributed by atoms with Crippen molar-refractivity contribution in [3.05, 3.63) is 41.6 Å². The molecule has 0 unspecified atom stereocenters. The lowest BCUT2D eigenvalue weighted by Gasteiger charge is -2.12. The van der Waals surface area contributed by atoms with Gasteiger partial charge in [0, 0.05) is 16.5 Å². The quantitative estimate of drug-likeness (QED) is 0.518. The maximum atomic E-state index is 11.8. The molecule has 0 bridgehead atoms. The molecule has 1 N–H and O–H groups in total. The van der Waals surface area contributed by atoms with Gasteiger partial charge in [0.25, 0.3) is 0 Å². The number of rotatable bonds is 5. The highest BCUT2D eigenvalue weighted by atomic mass is 32.2. The molecule has 0 fully saturated rings. The molecular formula is C13H14N2O4S. The van der Waals surface area contributed by atoms with E-state index < -0.39 is 5.97 Å². The maximum Gasteiger partial charge on any atom is 0.338 e. The van der Waals surface area contributed by atoms with Crippen LogP contribution >= 0.6 is 11.8 Å². The largest absolute Gasteiger partial charge is 0.472 e. The number of nitrogens with zero attached hydrogens (tertiary/aromatic N) is 2. The lowest BCUT2D eigenvalue weighted by molar-refractivity contribution is 0.0597. The molecule has 2 rings (SSSR count). The highest BCUT2D eigenvalue weighted by Gasteiger charge is 2.16. The molecule has 1 heterocycles. The number of ether oxygens (including phenoxy) is 2. The maximum absolute atomic E-state index is 11.8. The molecule has 106 valence electrons. The Labute approximate surface area is 120 Å². The van der Waals surface area contributed by atoms with Crippen LogP contribution in [0.5, 0.6) is 5.88 Å². The van der Waals surface area contributed by atoms with Gasteiger partial charge in [-0.2, -0.15) is 0 Å². The molecule has 0 saturated carbocycles. The minimum absolute atomic E-state index is 0.165. The molecule has 6 nitrogen and oxygen atoms in total. The van der Waals surface area contributed by atoms with E-state index in [1.165, 1.54) is 31.1 Å². The topological polar surface area (TPSA) is 73.6 Å². The standard InChI is InChI=1S/C13H14N2O4S/c1-18-13(16)9-4-3-5-11(20-2)10(9)8-19-12-6-7-15(17)14-12/h3-7,17H,8H2,1-2H3. The van der Waals surface area contributed by atoms with Crippen LogP contribution in [0.4, 0.5) is 0 Å². The van der Waals surface area contributed by atoms with Crippen LogP contribution in [-0.2, 0) is 11.3 Å². The molecule has 20 heavy (non-hydrogen) atoms. The number of hydrogen-bond acceptors (Lipinski definition) is 6. The van der Waals surface area contributed by atoms with Gasteiger partial charge in [0.1, 0.15) is 6.61 Å². The minimum atomic E-state index is -0.410. The fourth-order valence-corrected chi connectivity index (χ4v) is 2.36. The van der Waals surface area contributed by atoms with Gasteiger partial charge in [-0.3, -0.25) is 0 Å². The molecule has 0 amide bonds. The second kappa shape index (κ2) is 6.33. The molecule has 0 radical (unpaired) electrons. The van der Waals surface area contributed by atoms with E-state index in [4.69, 9.17) is 14.7 Å². The lowest BCUT2D eigenvalue weighted by atomic mass is 10.1. The summed E-state index contributed by atoms with van der Waals surface area (Å²) in [6, 6.07) is 6.92. The summed E-state index contributed by atoms with van der Waals surface area (Å²) in [5.41, 5.74) is 1.20. The molecule has 0 spiro atoms. The van der Waals surface area contributed by atoms with E-state index in [-0.39, 0.29) is 12.5 Å². The Hall–Kier alpha value is -2.15. The molecule has 0 aliphatic rings. The van der Waals surface area contributed by atoms with Gasteiger partial charge in [-0.15, -0.1) is 16.6 Å². The van der Waals surface area contributed by atoms with Crippen LogP contribution in [0, 0.1) is 0 Å². The second-order valence-electron chi connectivity index (χ2n) is 3.84. The SMILES string of the molecule is COC(=O)c1cccc(SC)c1COc1ccn(O)n1. The van der Waals surface area contributed by atoms with Gasteiger partial charge in [0.2, 0.25) is 5.88 Å². The molecule has 1 aromatic carbocycles. The van der Waals surface area contributed by atoms with Crippen LogP contribution in [0.3, 0.4) is 0 Å². The number of esters is 1. The fourth-order valence-electron chi connectivity index (χ4n) is 1.73. The highest BCUT2D eigenvalue weighted by molar-refractivity contribution is 7.98. The van der Waals surface area contributed by atoms with Crippen LogP contribution in [0.25, 0.3) is 0 Å². The third kappa shape index (κ3) is 3.05. The van der Waals surface area contributed by atoms with E-state index >= 15 is 0 Å². The first kappa shape index (κ1) is 14.3. The lowest BCUT2D eigenvalue weighted by Crippen LogP contribution is -2.09. The zero-order valence-electron chi connectivity index (χ0n) is 11.1. The van der Waals surface area contributed by atoms with Gasteiger partial charge >= 0.3 is 5.97 Å². The molecule has 0 atom stereocenters. The van der Waals surface area contributed by atoms with Crippen molar-refractivity contribution in [2.45, 2.75) is 11.5 Å². The predicted octanol–water partition coefficient (Wildman–Crippen LogP) is 2.21. The molecule has 0 aliphatic carbocycles. The summed E-state index contributed by atoms with van der Waals surface area (Å²) < 4.78 is 10.2. The minimum Gasteiger partial charge on any atom is -0.472 e. The van der Waals surface area contributed by atoms with Crippen LogP contribution < -0.4 is 4.74 Å². The Kier molecular flexibility index (Phi) is 4.52. The molecule has 2 aromatic rings. The fraction of sp³-hybridized carbons (Fsp3) is 0.231. The van der Waals surface area contributed by atoms with Crippen LogP contribution in [0.1, 0.15) is 15.9 Å². The second-order valence-corrected chi connectivity index (χ2v) is 4.69. The van der Waals surface area contributed by atoms with Crippen molar-refractivity contribution in [3.63, 3.8) is 0 Å². The summed E-state index contributed by atoms with van der Waals surface area (Å²) >= 11 is 1.52. The van der Waals surface area contributed by atoms with Crippen LogP contribution in [0.2, 0.25) is 0 Å². The van der Waals surface area contributed by atoms with Crippen LogP contribution in [0.15, 0.2) is 35.4 Å². The van der Waals surface area contributed by atoms with Gasteiger partial charge in [-0.05, 0) is 18.4 Å². The van der Waals surface area contributed by atoms with Gasteiger partial charge in [0.05, 0.1) is 18.9 Å². The van der Waals surface area contributed by atoms with E-state index in [0.29, 0.717) is 10.4 Å². The van der Waals surface area contributed by atoms with E-state index in [9.17, 15) is 4.79 Å². The zero-order chi connectivity index (χ0) is 14.5. The number of hydrogen-bond donors (Lipinski definition) is 1. The van der Waals surface area contributed by atoms with Crippen molar-refractivity contribution >= 4 is 17.7 Å².